The SMILES string of the molecule is O=C(c1ccc(Br)cc1)N1CCC[C@H](OCc2ccc(C(F)(F)F)cc2)C1. The summed E-state index contributed by atoms with van der Waals surface area (Å²) in [4.78, 5) is 14.4. The van der Waals surface area contributed by atoms with E-state index in [1.807, 2.05) is 12.1 Å². The molecule has 0 spiro atoms. The molecular weight excluding hydrogens is 423 g/mol. The first-order chi connectivity index (χ1) is 12.8. The maximum atomic E-state index is 12.6. The highest BCUT2D eigenvalue weighted by atomic mass is 79.9. The number of carbonyl (C=O) groups is 1. The number of halogens is 4. The van der Waals surface area contributed by atoms with Gasteiger partial charge in [0.1, 0.15) is 0 Å². The van der Waals surface area contributed by atoms with Gasteiger partial charge < -0.3 is 9.64 Å². The minimum atomic E-state index is -4.34. The molecule has 3 rings (SSSR count). The Hall–Kier alpha value is -1.86. The molecule has 0 aliphatic carbocycles. The third-order valence-corrected chi connectivity index (χ3v) is 5.05. The Kier molecular flexibility index (Phi) is 6.22. The number of hydrogen-bond donors (Lipinski definition) is 0. The van der Waals surface area contributed by atoms with Gasteiger partial charge in [0.15, 0.2) is 0 Å². The molecule has 1 aliphatic heterocycles. The summed E-state index contributed by atoms with van der Waals surface area (Å²) in [6, 6.07) is 12.2. The molecule has 3 nitrogen and oxygen atoms in total. The van der Waals surface area contributed by atoms with Gasteiger partial charge in [0, 0.05) is 23.1 Å². The van der Waals surface area contributed by atoms with Crippen LogP contribution in [0, 0.1) is 0 Å². The van der Waals surface area contributed by atoms with Gasteiger partial charge in [-0.05, 0) is 54.8 Å². The van der Waals surface area contributed by atoms with Crippen molar-refractivity contribution in [3.05, 3.63) is 69.7 Å². The summed E-state index contributed by atoms with van der Waals surface area (Å²) in [6.45, 7) is 1.38. The molecule has 0 saturated carbocycles. The average Bonchev–Trinajstić information content (AvgIpc) is 2.66. The number of amides is 1. The zero-order chi connectivity index (χ0) is 19.4. The maximum Gasteiger partial charge on any atom is 0.416 e. The second kappa shape index (κ2) is 8.44. The smallest absolute Gasteiger partial charge is 0.372 e. The van der Waals surface area contributed by atoms with Gasteiger partial charge in [0.05, 0.1) is 18.3 Å². The van der Waals surface area contributed by atoms with E-state index in [9.17, 15) is 18.0 Å². The van der Waals surface area contributed by atoms with Crippen molar-refractivity contribution in [1.29, 1.82) is 0 Å². The number of hydrogen-bond acceptors (Lipinski definition) is 2. The maximum absolute atomic E-state index is 12.6. The Morgan fingerprint density at radius 2 is 1.78 bits per heavy atom. The lowest BCUT2D eigenvalue weighted by Crippen LogP contribution is -2.43. The van der Waals surface area contributed by atoms with Crippen molar-refractivity contribution >= 4 is 21.8 Å². The molecule has 1 aliphatic rings. The number of likely N-dealkylation sites (tertiary alicyclic amines) is 1. The molecule has 0 unspecified atom stereocenters. The van der Waals surface area contributed by atoms with Crippen LogP contribution in [0.4, 0.5) is 13.2 Å². The molecule has 0 N–H and O–H groups in total. The number of rotatable bonds is 4. The van der Waals surface area contributed by atoms with Gasteiger partial charge in [0.2, 0.25) is 0 Å². The van der Waals surface area contributed by atoms with E-state index in [4.69, 9.17) is 4.74 Å². The third kappa shape index (κ3) is 5.32. The lowest BCUT2D eigenvalue weighted by atomic mass is 10.1. The van der Waals surface area contributed by atoms with E-state index in [1.54, 1.807) is 17.0 Å². The molecule has 0 bridgehead atoms. The average molecular weight is 442 g/mol. The summed E-state index contributed by atoms with van der Waals surface area (Å²) in [5, 5.41) is 0. The van der Waals surface area contributed by atoms with Crippen LogP contribution in [-0.4, -0.2) is 30.0 Å². The summed E-state index contributed by atoms with van der Waals surface area (Å²) in [6.07, 6.45) is -2.80. The fraction of sp³-hybridized carbons (Fsp3) is 0.350. The summed E-state index contributed by atoms with van der Waals surface area (Å²) in [5.74, 6) is -0.0367. The van der Waals surface area contributed by atoms with E-state index in [2.05, 4.69) is 15.9 Å². The predicted octanol–water partition coefficient (Wildman–Crippen LogP) is 5.29. The van der Waals surface area contributed by atoms with Crippen molar-refractivity contribution in [2.24, 2.45) is 0 Å². The minimum absolute atomic E-state index is 0.0367. The van der Waals surface area contributed by atoms with Crippen LogP contribution in [0.15, 0.2) is 53.0 Å². The number of alkyl halides is 3. The molecule has 1 atom stereocenters. The monoisotopic (exact) mass is 441 g/mol. The van der Waals surface area contributed by atoms with E-state index in [0.29, 0.717) is 24.2 Å². The normalized spacial score (nSPS) is 17.8. The van der Waals surface area contributed by atoms with Crippen molar-refractivity contribution in [2.75, 3.05) is 13.1 Å². The topological polar surface area (TPSA) is 29.5 Å². The number of benzene rings is 2. The van der Waals surface area contributed by atoms with Gasteiger partial charge in [0.25, 0.3) is 5.91 Å². The Morgan fingerprint density at radius 3 is 2.41 bits per heavy atom. The molecule has 1 heterocycles. The number of ether oxygens (including phenoxy) is 1. The Morgan fingerprint density at radius 1 is 1.11 bits per heavy atom. The van der Waals surface area contributed by atoms with Crippen molar-refractivity contribution < 1.29 is 22.7 Å². The van der Waals surface area contributed by atoms with Crippen LogP contribution >= 0.6 is 15.9 Å². The van der Waals surface area contributed by atoms with E-state index in [1.165, 1.54) is 12.1 Å². The Labute approximate surface area is 164 Å². The summed E-state index contributed by atoms with van der Waals surface area (Å²) < 4.78 is 44.6. The second-order valence-corrected chi connectivity index (χ2v) is 7.44. The van der Waals surface area contributed by atoms with Crippen LogP contribution in [0.2, 0.25) is 0 Å². The van der Waals surface area contributed by atoms with E-state index in [0.717, 1.165) is 29.4 Å². The van der Waals surface area contributed by atoms with Crippen LogP contribution in [0.5, 0.6) is 0 Å². The van der Waals surface area contributed by atoms with E-state index in [-0.39, 0.29) is 18.6 Å². The molecule has 27 heavy (non-hydrogen) atoms. The first kappa shape index (κ1) is 19.9. The molecule has 1 saturated heterocycles. The molecule has 144 valence electrons. The van der Waals surface area contributed by atoms with Crippen LogP contribution in [0.3, 0.4) is 0 Å². The van der Waals surface area contributed by atoms with Gasteiger partial charge in [-0.2, -0.15) is 13.2 Å². The highest BCUT2D eigenvalue weighted by Crippen LogP contribution is 2.29. The van der Waals surface area contributed by atoms with Gasteiger partial charge >= 0.3 is 6.18 Å². The summed E-state index contributed by atoms with van der Waals surface area (Å²) in [7, 11) is 0. The zero-order valence-electron chi connectivity index (χ0n) is 14.5. The molecule has 2 aromatic rings. The molecule has 1 fully saturated rings. The second-order valence-electron chi connectivity index (χ2n) is 6.53. The number of nitrogens with zero attached hydrogens (tertiary/aromatic N) is 1. The van der Waals surface area contributed by atoms with Crippen LogP contribution in [0.25, 0.3) is 0 Å². The van der Waals surface area contributed by atoms with E-state index < -0.39 is 11.7 Å². The van der Waals surface area contributed by atoms with Crippen LogP contribution < -0.4 is 0 Å². The van der Waals surface area contributed by atoms with Crippen molar-refractivity contribution in [1.82, 2.24) is 4.90 Å². The predicted molar refractivity (Wildman–Crippen MR) is 99.3 cm³/mol. The highest BCUT2D eigenvalue weighted by Gasteiger charge is 2.30. The Balaban J connectivity index is 1.55. The first-order valence-electron chi connectivity index (χ1n) is 8.65. The minimum Gasteiger partial charge on any atom is -0.372 e. The van der Waals surface area contributed by atoms with Crippen LogP contribution in [-0.2, 0) is 17.5 Å². The molecule has 0 radical (unpaired) electrons. The standard InChI is InChI=1S/C20H19BrF3NO2/c21-17-9-5-15(6-10-17)19(26)25-11-1-2-18(12-25)27-13-14-3-7-16(8-4-14)20(22,23)24/h3-10,18H,1-2,11-13H2/t18-/m0/s1. The number of carbonyl (C=O) groups excluding carboxylic acids is 1. The third-order valence-electron chi connectivity index (χ3n) is 4.52. The van der Waals surface area contributed by atoms with Crippen molar-refractivity contribution in [3.8, 4) is 0 Å². The fourth-order valence-electron chi connectivity index (χ4n) is 3.04. The van der Waals surface area contributed by atoms with Gasteiger partial charge in [-0.15, -0.1) is 0 Å². The molecular formula is C20H19BrF3NO2. The van der Waals surface area contributed by atoms with E-state index >= 15 is 0 Å². The summed E-state index contributed by atoms with van der Waals surface area (Å²) in [5.41, 5.74) is 0.635. The molecule has 1 amide bonds. The number of piperidine rings is 1. The van der Waals surface area contributed by atoms with Crippen LogP contribution in [0.1, 0.15) is 34.3 Å². The van der Waals surface area contributed by atoms with Crippen molar-refractivity contribution in [2.45, 2.75) is 31.7 Å². The molecule has 2 aromatic carbocycles. The quantitative estimate of drug-likeness (QED) is 0.644. The van der Waals surface area contributed by atoms with Gasteiger partial charge in [-0.25, -0.2) is 0 Å². The lowest BCUT2D eigenvalue weighted by molar-refractivity contribution is -0.137. The first-order valence-corrected chi connectivity index (χ1v) is 9.45. The lowest BCUT2D eigenvalue weighted by Gasteiger charge is -2.32. The van der Waals surface area contributed by atoms with Crippen molar-refractivity contribution in [3.63, 3.8) is 0 Å². The summed E-state index contributed by atoms with van der Waals surface area (Å²) >= 11 is 3.35. The zero-order valence-corrected chi connectivity index (χ0v) is 16.1. The Bertz CT molecular complexity index is 775. The largest absolute Gasteiger partial charge is 0.416 e. The fourth-order valence-corrected chi connectivity index (χ4v) is 3.30. The highest BCUT2D eigenvalue weighted by molar-refractivity contribution is 9.10. The van der Waals surface area contributed by atoms with Gasteiger partial charge in [-0.3, -0.25) is 4.79 Å². The molecule has 7 heteroatoms. The molecule has 0 aromatic heterocycles. The van der Waals surface area contributed by atoms with Gasteiger partial charge in [-0.1, -0.05) is 28.1 Å².